The Labute approximate surface area is 521 Å². The van der Waals surface area contributed by atoms with Crippen molar-refractivity contribution >= 4 is 17.9 Å². The van der Waals surface area contributed by atoms with Crippen molar-refractivity contribution in [2.24, 2.45) is 139 Å². The van der Waals surface area contributed by atoms with E-state index in [1.165, 1.54) is 0 Å². The lowest BCUT2D eigenvalue weighted by molar-refractivity contribution is -0.207. The van der Waals surface area contributed by atoms with E-state index in [4.69, 9.17) is 15.3 Å². The molecule has 0 spiro atoms. The maximum atomic E-state index is 11.5. The van der Waals surface area contributed by atoms with Crippen LogP contribution < -0.4 is 0 Å². The largest absolute Gasteiger partial charge is 0.481 e. The Balaban J connectivity index is 0.000000144. The molecule has 0 radical (unpaired) electrons. The van der Waals surface area contributed by atoms with Crippen LogP contribution in [0.25, 0.3) is 0 Å². The lowest BCUT2D eigenvalue weighted by Crippen LogP contribution is -2.62. The third-order valence-electron chi connectivity index (χ3n) is 31.0. The Morgan fingerprint density at radius 3 is 0.816 bits per heavy atom. The van der Waals surface area contributed by atoms with Crippen LogP contribution in [0.2, 0.25) is 0 Å². The minimum Gasteiger partial charge on any atom is -0.481 e. The zero-order chi connectivity index (χ0) is 63.4. The van der Waals surface area contributed by atoms with Gasteiger partial charge in [-0.1, -0.05) is 62.3 Å². The molecular formula is C72H120O15. The van der Waals surface area contributed by atoms with E-state index in [0.29, 0.717) is 90.3 Å². The van der Waals surface area contributed by atoms with Gasteiger partial charge in [-0.15, -0.1) is 0 Å². The van der Waals surface area contributed by atoms with Gasteiger partial charge in [0.2, 0.25) is 0 Å². The standard InChI is InChI=1S/3C24H40O5/c3*1-13(4-7-21(28)29)16-5-6-17-22-18(12-20(27)24(16,17)3)23(2)9-8-15(25)10-14(23)11-19(22)26/h3*13-20,22,25-27H,4-12H2,1-3H3,(H,28,29)/t3*13-,14+,15-,16-,17+,18+,19-,20+,22+,23+,24-/m111/s1. The van der Waals surface area contributed by atoms with Gasteiger partial charge in [-0.25, -0.2) is 0 Å². The molecule has 12 saturated carbocycles. The molecule has 33 atom stereocenters. The molecule has 0 saturated heterocycles. The summed E-state index contributed by atoms with van der Waals surface area (Å²) in [5.74, 6) is 2.99. The summed E-state index contributed by atoms with van der Waals surface area (Å²) in [6.07, 6.45) is 18.0. The highest BCUT2D eigenvalue weighted by Gasteiger charge is 2.69. The Hall–Kier alpha value is -1.95. The first-order valence-electron chi connectivity index (χ1n) is 35.5. The van der Waals surface area contributed by atoms with Gasteiger partial charge in [0.1, 0.15) is 0 Å². The molecule has 87 heavy (non-hydrogen) atoms. The second-order valence-corrected chi connectivity index (χ2v) is 34.3. The van der Waals surface area contributed by atoms with Crippen LogP contribution in [0.5, 0.6) is 0 Å². The molecule has 12 aliphatic carbocycles. The molecule has 15 heteroatoms. The molecule has 0 heterocycles. The monoisotopic (exact) mass is 1220 g/mol. The number of hydrogen-bond donors (Lipinski definition) is 12. The minimum atomic E-state index is -0.748. The van der Waals surface area contributed by atoms with Crippen molar-refractivity contribution < 1.29 is 75.7 Å². The number of carbonyl (C=O) groups is 3. The normalized spacial score (nSPS) is 52.9. The van der Waals surface area contributed by atoms with Crippen LogP contribution in [-0.4, -0.2) is 134 Å². The van der Waals surface area contributed by atoms with Crippen molar-refractivity contribution in [2.45, 2.75) is 291 Å². The highest BCUT2D eigenvalue weighted by molar-refractivity contribution is 5.67. The topological polar surface area (TPSA) is 294 Å². The van der Waals surface area contributed by atoms with Gasteiger partial charge in [0.05, 0.1) is 54.9 Å². The van der Waals surface area contributed by atoms with E-state index in [0.717, 1.165) is 135 Å². The van der Waals surface area contributed by atoms with E-state index in [-0.39, 0.29) is 124 Å². The summed E-state index contributed by atoms with van der Waals surface area (Å²) in [6, 6.07) is 0. The summed E-state index contributed by atoms with van der Waals surface area (Å²) in [6.45, 7) is 20.2. The predicted molar refractivity (Wildman–Crippen MR) is 330 cm³/mol. The van der Waals surface area contributed by atoms with Gasteiger partial charge >= 0.3 is 17.9 Å². The second kappa shape index (κ2) is 25.4. The van der Waals surface area contributed by atoms with Crippen LogP contribution in [0.15, 0.2) is 0 Å². The third-order valence-corrected chi connectivity index (χ3v) is 31.0. The Morgan fingerprint density at radius 1 is 0.345 bits per heavy atom. The van der Waals surface area contributed by atoms with E-state index in [9.17, 15) is 60.3 Å². The molecule has 0 aromatic carbocycles. The molecule has 15 nitrogen and oxygen atoms in total. The quantitative estimate of drug-likeness (QED) is 0.0865. The average molecular weight is 1230 g/mol. The van der Waals surface area contributed by atoms with Crippen LogP contribution in [0.3, 0.4) is 0 Å². The summed E-state index contributed by atoms with van der Waals surface area (Å²) < 4.78 is 0. The lowest BCUT2D eigenvalue weighted by atomic mass is 9.43. The molecule has 0 amide bonds. The third kappa shape index (κ3) is 11.7. The SMILES string of the molecule is C[C@H](CCC(=O)O)[C@H]1CC[C@H]2[C@@H]3[C@H](O)C[C@@H]4C[C@H](O)CC[C@]4(C)[C@H]3C[C@H](O)[C@]12C.C[C@H](CCC(=O)O)[C@H]1CC[C@H]2[C@@H]3[C@H](O)C[C@@H]4C[C@H](O)CC[C@]4(C)[C@H]3C[C@H](O)[C@]12C.C[C@H](CCC(=O)O)[C@H]1CC[C@H]2[C@@H]3[C@H](O)C[C@@H]4C[C@H](O)CC[C@]4(C)[C@H]3C[C@H](O)[C@]12C. The van der Waals surface area contributed by atoms with E-state index >= 15 is 0 Å². The maximum absolute atomic E-state index is 11.5. The summed E-state index contributed by atoms with van der Waals surface area (Å²) in [4.78, 5) is 33.2. The van der Waals surface area contributed by atoms with Crippen molar-refractivity contribution in [2.75, 3.05) is 0 Å². The maximum Gasteiger partial charge on any atom is 0.303 e. The van der Waals surface area contributed by atoms with Gasteiger partial charge < -0.3 is 61.3 Å². The lowest BCUT2D eigenvalue weighted by Gasteiger charge is -2.63. The first-order chi connectivity index (χ1) is 40.8. The van der Waals surface area contributed by atoms with Gasteiger partial charge in [0.15, 0.2) is 0 Å². The summed E-state index contributed by atoms with van der Waals surface area (Å²) >= 11 is 0. The van der Waals surface area contributed by atoms with Gasteiger partial charge in [-0.2, -0.15) is 0 Å². The zero-order valence-electron chi connectivity index (χ0n) is 54.8. The van der Waals surface area contributed by atoms with Crippen LogP contribution in [-0.2, 0) is 14.4 Å². The number of aliphatic hydroxyl groups is 9. The number of hydrogen-bond acceptors (Lipinski definition) is 12. The molecule has 0 aromatic heterocycles. The Kier molecular flexibility index (Phi) is 19.8. The highest BCUT2D eigenvalue weighted by atomic mass is 16.4. The van der Waals surface area contributed by atoms with Crippen molar-refractivity contribution in [3.8, 4) is 0 Å². The van der Waals surface area contributed by atoms with Crippen LogP contribution in [0.4, 0.5) is 0 Å². The van der Waals surface area contributed by atoms with Gasteiger partial charge in [0.25, 0.3) is 0 Å². The zero-order valence-corrected chi connectivity index (χ0v) is 54.8. The molecule has 0 aromatic rings. The second-order valence-electron chi connectivity index (χ2n) is 34.3. The molecule has 0 bridgehead atoms. The summed E-state index contributed by atoms with van der Waals surface area (Å²) in [5, 5.41) is 126. The number of fused-ring (bicyclic) bond motifs is 15. The van der Waals surface area contributed by atoms with Crippen molar-refractivity contribution in [3.05, 3.63) is 0 Å². The molecule has 12 aliphatic rings. The van der Waals surface area contributed by atoms with E-state index < -0.39 is 36.2 Å². The van der Waals surface area contributed by atoms with Crippen LogP contribution in [0.1, 0.15) is 236 Å². The summed E-state index contributed by atoms with van der Waals surface area (Å²) in [5.41, 5.74) is -0.429. The van der Waals surface area contributed by atoms with E-state index in [1.807, 2.05) is 0 Å². The Bertz CT molecular complexity index is 2170. The van der Waals surface area contributed by atoms with Gasteiger partial charge in [-0.3, -0.25) is 14.4 Å². The number of rotatable bonds is 12. The number of aliphatic hydroxyl groups excluding tert-OH is 9. The fourth-order valence-corrected chi connectivity index (χ4v) is 26.1. The van der Waals surface area contributed by atoms with Crippen molar-refractivity contribution in [1.82, 2.24) is 0 Å². The molecule has 0 unspecified atom stereocenters. The molecule has 498 valence electrons. The summed E-state index contributed by atoms with van der Waals surface area (Å²) in [7, 11) is 0. The molecule has 0 aliphatic heterocycles. The van der Waals surface area contributed by atoms with E-state index in [2.05, 4.69) is 62.3 Å². The molecule has 12 N–H and O–H groups in total. The van der Waals surface area contributed by atoms with Gasteiger partial charge in [-0.05, 0) is 293 Å². The number of carboxylic acids is 3. The smallest absolute Gasteiger partial charge is 0.303 e. The first kappa shape index (κ1) is 67.9. The average Bonchev–Trinajstić information content (AvgIpc) is 1.72. The molecular weight excluding hydrogens is 1100 g/mol. The predicted octanol–water partition coefficient (Wildman–Crippen LogP) is 10.3. The minimum absolute atomic E-state index is 0.0957. The van der Waals surface area contributed by atoms with Gasteiger partial charge in [0, 0.05) is 19.3 Å². The van der Waals surface area contributed by atoms with E-state index in [1.54, 1.807) is 0 Å². The molecule has 12 fully saturated rings. The fraction of sp³-hybridized carbons (Fsp3) is 0.958. The number of aliphatic carboxylic acids is 3. The Morgan fingerprint density at radius 2 is 0.586 bits per heavy atom. The first-order valence-corrected chi connectivity index (χ1v) is 35.5. The number of carboxylic acid groups (broad SMARTS) is 3. The highest BCUT2D eigenvalue weighted by Crippen LogP contribution is 2.72. The molecule has 12 rings (SSSR count). The van der Waals surface area contributed by atoms with Crippen LogP contribution in [0, 0.1) is 139 Å². The fourth-order valence-electron chi connectivity index (χ4n) is 26.1. The van der Waals surface area contributed by atoms with Crippen molar-refractivity contribution in [1.29, 1.82) is 0 Å². The van der Waals surface area contributed by atoms with Crippen molar-refractivity contribution in [3.63, 3.8) is 0 Å². The van der Waals surface area contributed by atoms with Crippen LogP contribution >= 0.6 is 0 Å².